The zero-order valence-electron chi connectivity index (χ0n) is 50.6. The van der Waals surface area contributed by atoms with Gasteiger partial charge >= 0.3 is 0 Å². The molecule has 15 aromatic rings. The lowest BCUT2D eigenvalue weighted by atomic mass is 10.1. The number of imidazole rings is 1. The van der Waals surface area contributed by atoms with Crippen LogP contribution in [0.3, 0.4) is 0 Å². The molecule has 9 aromatic carbocycles. The zero-order chi connectivity index (χ0) is 65.9. The van der Waals surface area contributed by atoms with Gasteiger partial charge in [0.05, 0.1) is 57.0 Å². The standard InChI is InChI=1S/C11H9Cl.C10H8ClN.C9H6ClFO.C9H9ClO.C9H7ClO.C8H5ClFNS.C8H7ClN2.C8H6ClNS.CH4/c1-8-2-3-10-7-11(12)5-4-9(10)6-8;1-7-2-3-8-6-9(11)4-5-10(8)12-7;1-5-2-6-3-7(10)8(11)4-9(6)12-5;2*1-6-4-7-5-8(10)2-3-9(7)11-6;1-4-11-7-2-5(9)6(10)3-8(7)12-4;1-5-10-7-3-2-6(9)4-8(7)11-5;1-5-10-7-4-6(9)2-3-8(7)11-5;/h2-7H,1H3;2-6H,1H3;2-4H,1H3;2-3,5-6H,4H2,1H3;2-5H,1H3;2-3H,1H3;2-4H,1H3,(H,10,11);2-4H,1H3;1H4. The Bertz CT molecular complexity index is 4560. The van der Waals surface area contributed by atoms with Crippen molar-refractivity contribution in [2.45, 2.75) is 75.3 Å². The Morgan fingerprint density at radius 1 is 0.430 bits per heavy atom. The van der Waals surface area contributed by atoms with Gasteiger partial charge in [0.1, 0.15) is 52.0 Å². The number of rotatable bonds is 0. The summed E-state index contributed by atoms with van der Waals surface area (Å²) < 4.78 is 43.9. The van der Waals surface area contributed by atoms with E-state index in [2.05, 4.69) is 57.0 Å². The number of aromatic nitrogens is 5. The Morgan fingerprint density at radius 2 is 0.946 bits per heavy atom. The molecule has 16 rings (SSSR count). The molecule has 0 bridgehead atoms. The van der Waals surface area contributed by atoms with E-state index in [1.54, 1.807) is 23.5 Å². The topological polar surface area (TPSA) is 103 Å². The highest BCUT2D eigenvalue weighted by Crippen LogP contribution is 2.32. The molecule has 0 radical (unpaired) electrons. The van der Waals surface area contributed by atoms with Crippen LogP contribution in [0.15, 0.2) is 185 Å². The fraction of sp³-hybridized carbons (Fsp3) is 0.151. The van der Waals surface area contributed by atoms with Gasteiger partial charge in [-0.15, -0.1) is 22.7 Å². The molecule has 1 unspecified atom stereocenters. The summed E-state index contributed by atoms with van der Waals surface area (Å²) in [7, 11) is 0. The largest absolute Gasteiger partial charge is 0.490 e. The van der Waals surface area contributed by atoms with Crippen molar-refractivity contribution in [3.8, 4) is 5.75 Å². The molecule has 0 saturated heterocycles. The number of pyridine rings is 1. The molecule has 0 spiro atoms. The molecule has 6 aromatic heterocycles. The van der Waals surface area contributed by atoms with Crippen molar-refractivity contribution in [1.82, 2.24) is 24.9 Å². The average molecular weight is 1440 g/mol. The maximum absolute atomic E-state index is 12.9. The van der Waals surface area contributed by atoms with Gasteiger partial charge in [0.15, 0.2) is 0 Å². The molecule has 1 atom stereocenters. The van der Waals surface area contributed by atoms with E-state index in [4.69, 9.17) is 106 Å². The molecular weight excluding hydrogens is 1380 g/mol. The summed E-state index contributed by atoms with van der Waals surface area (Å²) in [4.78, 5) is 20.2. The zero-order valence-corrected chi connectivity index (χ0v) is 58.3. The molecule has 0 saturated carbocycles. The molecular formula is C73H61Cl8F2N5O3S2. The number of thiazole rings is 2. The summed E-state index contributed by atoms with van der Waals surface area (Å²) in [6, 6.07) is 54.4. The molecule has 8 nitrogen and oxygen atoms in total. The first-order valence-corrected chi connectivity index (χ1v) is 33.0. The van der Waals surface area contributed by atoms with Crippen molar-refractivity contribution in [2.75, 3.05) is 0 Å². The Labute approximate surface area is 585 Å². The van der Waals surface area contributed by atoms with E-state index in [-0.39, 0.29) is 23.3 Å². The molecule has 20 heteroatoms. The number of benzene rings is 9. The van der Waals surface area contributed by atoms with Crippen LogP contribution < -0.4 is 4.74 Å². The number of hydrogen-bond acceptors (Lipinski definition) is 9. The van der Waals surface area contributed by atoms with E-state index in [1.807, 2.05) is 175 Å². The van der Waals surface area contributed by atoms with Gasteiger partial charge in [0.2, 0.25) is 0 Å². The fourth-order valence-corrected chi connectivity index (χ4v) is 12.4. The van der Waals surface area contributed by atoms with Crippen molar-refractivity contribution in [3.63, 3.8) is 0 Å². The first-order valence-electron chi connectivity index (χ1n) is 28.4. The minimum atomic E-state index is -0.446. The van der Waals surface area contributed by atoms with Gasteiger partial charge in [-0.25, -0.2) is 23.7 Å². The van der Waals surface area contributed by atoms with E-state index < -0.39 is 5.82 Å². The Hall–Kier alpha value is -7.04. The number of fused-ring (bicyclic) bond motifs is 8. The molecule has 0 fully saturated rings. The van der Waals surface area contributed by atoms with Crippen molar-refractivity contribution in [1.29, 1.82) is 0 Å². The summed E-state index contributed by atoms with van der Waals surface area (Å²) in [5, 5.41) is 12.3. The van der Waals surface area contributed by atoms with Gasteiger partial charge in [-0.1, -0.05) is 136 Å². The predicted molar refractivity (Wildman–Crippen MR) is 394 cm³/mol. The van der Waals surface area contributed by atoms with Crippen LogP contribution >= 0.6 is 115 Å². The fourth-order valence-electron chi connectivity index (χ4n) is 9.40. The van der Waals surface area contributed by atoms with Gasteiger partial charge in [-0.2, -0.15) is 0 Å². The van der Waals surface area contributed by atoms with Crippen LogP contribution in [0.4, 0.5) is 8.78 Å². The third-order valence-corrected chi connectivity index (χ3v) is 17.3. The molecule has 478 valence electrons. The van der Waals surface area contributed by atoms with Gasteiger partial charge < -0.3 is 18.6 Å². The highest BCUT2D eigenvalue weighted by atomic mass is 35.5. The van der Waals surface area contributed by atoms with Gasteiger partial charge in [0, 0.05) is 64.5 Å². The number of H-pyrrole nitrogens is 1. The average Bonchev–Trinajstić information content (AvgIpc) is 1.91. The van der Waals surface area contributed by atoms with Gasteiger partial charge in [0.25, 0.3) is 0 Å². The Kier molecular flexibility index (Phi) is 25.4. The second-order valence-corrected chi connectivity index (χ2v) is 27.1. The van der Waals surface area contributed by atoms with Crippen molar-refractivity contribution in [2.24, 2.45) is 0 Å². The first kappa shape index (κ1) is 71.8. The highest BCUT2D eigenvalue weighted by molar-refractivity contribution is 7.18. The van der Waals surface area contributed by atoms with Crippen molar-refractivity contribution >= 4 is 191 Å². The normalized spacial score (nSPS) is 11.8. The van der Waals surface area contributed by atoms with Crippen LogP contribution in [0.1, 0.15) is 58.5 Å². The molecule has 93 heavy (non-hydrogen) atoms. The number of furan rings is 2. The lowest BCUT2D eigenvalue weighted by molar-refractivity contribution is 0.254. The minimum absolute atomic E-state index is 0. The van der Waals surface area contributed by atoms with E-state index in [9.17, 15) is 8.78 Å². The van der Waals surface area contributed by atoms with Gasteiger partial charge in [-0.05, 0) is 211 Å². The lowest BCUT2D eigenvalue weighted by Crippen LogP contribution is -2.05. The number of nitrogens with zero attached hydrogens (tertiary/aromatic N) is 4. The number of halogens is 10. The summed E-state index contributed by atoms with van der Waals surface area (Å²) in [5.74, 6) is 2.75. The van der Waals surface area contributed by atoms with E-state index >= 15 is 0 Å². The SMILES string of the molecule is C.CC1Cc2cc(Cl)ccc2O1.Cc1cc2cc(Cl)c(F)cc2o1.Cc1cc2cc(Cl)ccc2o1.Cc1ccc2cc(Cl)ccc2c1.Cc1ccc2cc(Cl)ccc2n1.Cc1nc2cc(Cl)c(F)cc2s1.Cc1nc2cc(Cl)ccc2s1.Cc1nc2ccc(Cl)cc2[nH]1. The molecule has 0 aliphatic carbocycles. The molecule has 7 heterocycles. The summed E-state index contributed by atoms with van der Waals surface area (Å²) >= 11 is 49.2. The maximum Gasteiger partial charge on any atom is 0.145 e. The predicted octanol–water partition coefficient (Wildman–Crippen LogP) is 26.4. The second kappa shape index (κ2) is 32.9. The molecule has 1 N–H and O–H groups in total. The van der Waals surface area contributed by atoms with Crippen LogP contribution in [0.25, 0.3) is 75.1 Å². The van der Waals surface area contributed by atoms with Crippen LogP contribution in [0.2, 0.25) is 40.2 Å². The van der Waals surface area contributed by atoms with Crippen LogP contribution in [0.5, 0.6) is 5.75 Å². The number of hydrogen-bond donors (Lipinski definition) is 1. The number of aromatic amines is 1. The smallest absolute Gasteiger partial charge is 0.145 e. The molecule has 0 amide bonds. The van der Waals surface area contributed by atoms with Gasteiger partial charge in [-0.3, -0.25) is 4.98 Å². The third kappa shape index (κ3) is 20.5. The summed E-state index contributed by atoms with van der Waals surface area (Å²) in [6.45, 7) is 15.7. The van der Waals surface area contributed by atoms with Crippen molar-refractivity contribution < 1.29 is 22.4 Å². The third-order valence-electron chi connectivity index (χ3n) is 13.4. The minimum Gasteiger partial charge on any atom is -0.490 e. The Balaban J connectivity index is 0.000000136. The summed E-state index contributed by atoms with van der Waals surface area (Å²) in [6.07, 6.45) is 1.29. The molecule has 1 aliphatic rings. The first-order chi connectivity index (χ1) is 43.9. The summed E-state index contributed by atoms with van der Waals surface area (Å²) in [5.41, 5.74) is 9.70. The molecule has 1 aliphatic heterocycles. The maximum atomic E-state index is 12.9. The van der Waals surface area contributed by atoms with Crippen LogP contribution in [0, 0.1) is 60.1 Å². The van der Waals surface area contributed by atoms with Crippen LogP contribution in [-0.4, -0.2) is 31.0 Å². The quantitative estimate of drug-likeness (QED) is 0.161. The van der Waals surface area contributed by atoms with E-state index in [0.29, 0.717) is 11.7 Å². The Morgan fingerprint density at radius 3 is 1.67 bits per heavy atom. The van der Waals surface area contributed by atoms with E-state index in [0.717, 1.165) is 129 Å². The second-order valence-electron chi connectivity index (χ2n) is 21.2. The monoisotopic (exact) mass is 1440 g/mol. The lowest BCUT2D eigenvalue weighted by Gasteiger charge is -2.00. The number of ether oxygens (including phenoxy) is 1. The highest BCUT2D eigenvalue weighted by Gasteiger charge is 2.18. The van der Waals surface area contributed by atoms with E-state index in [1.165, 1.54) is 50.1 Å². The van der Waals surface area contributed by atoms with Crippen LogP contribution in [-0.2, 0) is 6.42 Å². The van der Waals surface area contributed by atoms with Crippen molar-refractivity contribution in [3.05, 3.63) is 272 Å². The number of aryl methyl sites for hydroxylation is 7. The number of nitrogens with one attached hydrogen (secondary N) is 1.